The van der Waals surface area contributed by atoms with Gasteiger partial charge in [0, 0.05) is 0 Å². The summed E-state index contributed by atoms with van der Waals surface area (Å²) in [6.45, 7) is 4.87. The number of aryl methyl sites for hydroxylation is 1. The lowest BCUT2D eigenvalue weighted by molar-refractivity contribution is 0.304. The molecule has 0 spiro atoms. The lowest BCUT2D eigenvalue weighted by atomic mass is 10.1. The Morgan fingerprint density at radius 2 is 2.06 bits per heavy atom. The van der Waals surface area contributed by atoms with Gasteiger partial charge >= 0.3 is 0 Å². The number of hydrogen-bond donors (Lipinski definition) is 2. The molecule has 3 N–H and O–H groups in total. The highest BCUT2D eigenvalue weighted by Gasteiger charge is 2.06. The summed E-state index contributed by atoms with van der Waals surface area (Å²) in [5.74, 6) is 0.789. The van der Waals surface area contributed by atoms with Gasteiger partial charge in [-0.25, -0.2) is 0 Å². The Bertz CT molecular complexity index is 374. The quantitative estimate of drug-likeness (QED) is 0.432. The monoisotopic (exact) mass is 234 g/mol. The van der Waals surface area contributed by atoms with Crippen LogP contribution in [-0.2, 0) is 0 Å². The Kier molecular flexibility index (Phi) is 5.53. The van der Waals surface area contributed by atoms with Gasteiger partial charge in [-0.15, -0.1) is 0 Å². The Morgan fingerprint density at radius 3 is 2.71 bits per heavy atom. The zero-order valence-corrected chi connectivity index (χ0v) is 10.8. The Labute approximate surface area is 103 Å². The largest absolute Gasteiger partial charge is 0.493 e. The van der Waals surface area contributed by atoms with Gasteiger partial charge in [0.05, 0.1) is 12.2 Å². The Hall–Kier alpha value is -1.51. The minimum Gasteiger partial charge on any atom is -0.493 e. The van der Waals surface area contributed by atoms with E-state index in [0.29, 0.717) is 12.2 Å². The first kappa shape index (κ1) is 13.6. The number of nitrogens with two attached hydrogens (primary N) is 1. The van der Waals surface area contributed by atoms with Crippen LogP contribution in [0.3, 0.4) is 0 Å². The molecule has 0 bridgehead atoms. The predicted octanol–water partition coefficient (Wildman–Crippen LogP) is 3.24. The molecule has 94 valence electrons. The summed E-state index contributed by atoms with van der Waals surface area (Å²) in [6.07, 6.45) is 4.72. The van der Waals surface area contributed by atoms with E-state index < -0.39 is 0 Å². The van der Waals surface area contributed by atoms with Crippen LogP contribution < -0.4 is 10.5 Å². The summed E-state index contributed by atoms with van der Waals surface area (Å²) in [5, 5.41) is 7.52. The fourth-order valence-corrected chi connectivity index (χ4v) is 1.69. The lowest BCUT2D eigenvalue weighted by Crippen LogP contribution is -2.13. The van der Waals surface area contributed by atoms with Crippen molar-refractivity contribution in [1.29, 1.82) is 5.41 Å². The van der Waals surface area contributed by atoms with Gasteiger partial charge in [0.2, 0.25) is 0 Å². The smallest absolute Gasteiger partial charge is 0.130 e. The number of nitrogens with one attached hydrogen (secondary N) is 1. The number of nitrogen functional groups attached to an aromatic ring is 1. The Morgan fingerprint density at radius 1 is 1.29 bits per heavy atom. The van der Waals surface area contributed by atoms with Crippen molar-refractivity contribution in [1.82, 2.24) is 0 Å². The van der Waals surface area contributed by atoms with Crippen LogP contribution in [0, 0.1) is 12.3 Å². The van der Waals surface area contributed by atoms with Gasteiger partial charge in [-0.1, -0.05) is 37.8 Å². The van der Waals surface area contributed by atoms with Crippen LogP contribution in [0.5, 0.6) is 5.75 Å². The maximum absolute atomic E-state index is 7.52. The molecule has 3 nitrogen and oxygen atoms in total. The normalized spacial score (nSPS) is 10.2. The van der Waals surface area contributed by atoms with E-state index in [0.717, 1.165) is 17.7 Å². The summed E-state index contributed by atoms with van der Waals surface area (Å²) in [4.78, 5) is 0. The second kappa shape index (κ2) is 6.94. The molecular weight excluding hydrogens is 212 g/mol. The number of unbranched alkanes of at least 4 members (excludes halogenated alkanes) is 3. The molecule has 0 saturated heterocycles. The first-order valence-electron chi connectivity index (χ1n) is 6.23. The molecule has 0 aliphatic heterocycles. The van der Waals surface area contributed by atoms with E-state index in [1.807, 2.05) is 25.1 Å². The molecule has 0 aromatic heterocycles. The number of amidine groups is 1. The second-order valence-corrected chi connectivity index (χ2v) is 4.32. The van der Waals surface area contributed by atoms with Crippen LogP contribution >= 0.6 is 0 Å². The fourth-order valence-electron chi connectivity index (χ4n) is 1.69. The molecule has 0 aliphatic carbocycles. The van der Waals surface area contributed by atoms with Crippen molar-refractivity contribution in [2.75, 3.05) is 6.61 Å². The van der Waals surface area contributed by atoms with Gasteiger partial charge in [0.15, 0.2) is 0 Å². The second-order valence-electron chi connectivity index (χ2n) is 4.32. The average Bonchev–Trinajstić information content (AvgIpc) is 2.30. The van der Waals surface area contributed by atoms with E-state index in [1.165, 1.54) is 19.3 Å². The van der Waals surface area contributed by atoms with Gasteiger partial charge < -0.3 is 10.5 Å². The van der Waals surface area contributed by atoms with Crippen molar-refractivity contribution < 1.29 is 4.74 Å². The van der Waals surface area contributed by atoms with Crippen LogP contribution in [0.15, 0.2) is 18.2 Å². The molecule has 17 heavy (non-hydrogen) atoms. The molecule has 1 aromatic rings. The van der Waals surface area contributed by atoms with Crippen molar-refractivity contribution in [3.63, 3.8) is 0 Å². The molecule has 1 rings (SSSR count). The van der Waals surface area contributed by atoms with Gasteiger partial charge in [-0.05, 0) is 25.5 Å². The third-order valence-electron chi connectivity index (χ3n) is 2.68. The summed E-state index contributed by atoms with van der Waals surface area (Å²) in [6, 6.07) is 5.77. The van der Waals surface area contributed by atoms with E-state index in [-0.39, 0.29) is 5.84 Å². The van der Waals surface area contributed by atoms with E-state index in [1.54, 1.807) is 0 Å². The topological polar surface area (TPSA) is 59.1 Å². The van der Waals surface area contributed by atoms with Gasteiger partial charge in [-0.3, -0.25) is 5.41 Å². The third kappa shape index (κ3) is 4.47. The zero-order valence-electron chi connectivity index (χ0n) is 10.8. The SMILES string of the molecule is CCCCCCOc1ccc(C)cc1C(=N)N. The van der Waals surface area contributed by atoms with Crippen molar-refractivity contribution in [2.24, 2.45) is 5.73 Å². The number of rotatable bonds is 7. The summed E-state index contributed by atoms with van der Waals surface area (Å²) in [5.41, 5.74) is 7.32. The minimum atomic E-state index is 0.0669. The van der Waals surface area contributed by atoms with E-state index in [4.69, 9.17) is 15.9 Å². The minimum absolute atomic E-state index is 0.0669. The molecule has 0 atom stereocenters. The first-order valence-corrected chi connectivity index (χ1v) is 6.23. The van der Waals surface area contributed by atoms with Gasteiger partial charge in [0.25, 0.3) is 0 Å². The molecule has 0 aliphatic rings. The lowest BCUT2D eigenvalue weighted by Gasteiger charge is -2.11. The molecule has 3 heteroatoms. The van der Waals surface area contributed by atoms with E-state index in [9.17, 15) is 0 Å². The van der Waals surface area contributed by atoms with Crippen LogP contribution in [0.1, 0.15) is 43.7 Å². The van der Waals surface area contributed by atoms with Crippen molar-refractivity contribution >= 4 is 5.84 Å². The summed E-state index contributed by atoms with van der Waals surface area (Å²) in [7, 11) is 0. The van der Waals surface area contributed by atoms with Crippen molar-refractivity contribution in [2.45, 2.75) is 39.5 Å². The van der Waals surface area contributed by atoms with Gasteiger partial charge in [0.1, 0.15) is 11.6 Å². The van der Waals surface area contributed by atoms with Crippen LogP contribution in [0.25, 0.3) is 0 Å². The molecule has 0 saturated carbocycles. The zero-order chi connectivity index (χ0) is 12.7. The molecule has 0 amide bonds. The number of benzene rings is 1. The highest BCUT2D eigenvalue weighted by molar-refractivity contribution is 5.97. The maximum Gasteiger partial charge on any atom is 0.130 e. The highest BCUT2D eigenvalue weighted by Crippen LogP contribution is 2.19. The molecular formula is C14H22N2O. The molecule has 0 unspecified atom stereocenters. The standard InChI is InChI=1S/C14H22N2O/c1-3-4-5-6-9-17-13-8-7-11(2)10-12(13)14(15)16/h7-8,10H,3-6,9H2,1-2H3,(H3,15,16). The first-order chi connectivity index (χ1) is 8.15. The predicted molar refractivity (Wildman–Crippen MR) is 71.8 cm³/mol. The third-order valence-corrected chi connectivity index (χ3v) is 2.68. The molecule has 1 aromatic carbocycles. The number of ether oxygens (including phenoxy) is 1. The average molecular weight is 234 g/mol. The van der Waals surface area contributed by atoms with Crippen molar-refractivity contribution in [3.05, 3.63) is 29.3 Å². The summed E-state index contributed by atoms with van der Waals surface area (Å²) < 4.78 is 5.68. The highest BCUT2D eigenvalue weighted by atomic mass is 16.5. The summed E-state index contributed by atoms with van der Waals surface area (Å²) >= 11 is 0. The number of hydrogen-bond acceptors (Lipinski definition) is 2. The van der Waals surface area contributed by atoms with E-state index >= 15 is 0 Å². The molecule has 0 heterocycles. The molecule has 0 radical (unpaired) electrons. The van der Waals surface area contributed by atoms with E-state index in [2.05, 4.69) is 6.92 Å². The van der Waals surface area contributed by atoms with Crippen LogP contribution in [0.4, 0.5) is 0 Å². The molecule has 0 fully saturated rings. The van der Waals surface area contributed by atoms with Crippen LogP contribution in [0.2, 0.25) is 0 Å². The fraction of sp³-hybridized carbons (Fsp3) is 0.500. The maximum atomic E-state index is 7.52. The van der Waals surface area contributed by atoms with Crippen molar-refractivity contribution in [3.8, 4) is 5.75 Å². The van der Waals surface area contributed by atoms with Crippen LogP contribution in [-0.4, -0.2) is 12.4 Å². The van der Waals surface area contributed by atoms with Gasteiger partial charge in [-0.2, -0.15) is 0 Å². The Balaban J connectivity index is 2.55.